The zero-order chi connectivity index (χ0) is 19.6. The van der Waals surface area contributed by atoms with Crippen molar-refractivity contribution in [1.29, 1.82) is 0 Å². The number of hydrogen-bond acceptors (Lipinski definition) is 2. The molecule has 0 saturated carbocycles. The van der Waals surface area contributed by atoms with Gasteiger partial charge in [0.2, 0.25) is 0 Å². The lowest BCUT2D eigenvalue weighted by Gasteiger charge is -2.22. The van der Waals surface area contributed by atoms with E-state index in [1.54, 1.807) is 0 Å². The number of nitrogens with zero attached hydrogens (tertiary/aromatic N) is 3. The van der Waals surface area contributed by atoms with Crippen molar-refractivity contribution >= 4 is 23.0 Å². The maximum absolute atomic E-state index is 5.62. The van der Waals surface area contributed by atoms with Crippen LogP contribution in [0.4, 0.5) is 5.69 Å². The predicted octanol–water partition coefficient (Wildman–Crippen LogP) is 4.93. The van der Waals surface area contributed by atoms with Gasteiger partial charge in [-0.15, -0.1) is 0 Å². The van der Waals surface area contributed by atoms with Gasteiger partial charge in [0.1, 0.15) is 0 Å². The maximum atomic E-state index is 5.62. The maximum Gasteiger partial charge on any atom is 0.173 e. The van der Waals surface area contributed by atoms with Crippen molar-refractivity contribution in [2.45, 2.75) is 34.2 Å². The summed E-state index contributed by atoms with van der Waals surface area (Å²) in [6.45, 7) is 9.05. The van der Waals surface area contributed by atoms with Gasteiger partial charge in [-0.2, -0.15) is 5.10 Å². The summed E-state index contributed by atoms with van der Waals surface area (Å²) in [7, 11) is 2.01. The van der Waals surface area contributed by atoms with Gasteiger partial charge in [-0.1, -0.05) is 24.3 Å². The van der Waals surface area contributed by atoms with Gasteiger partial charge in [0.05, 0.1) is 11.4 Å². The molecular formula is C22H26N4S. The Labute approximate surface area is 166 Å². The van der Waals surface area contributed by atoms with Crippen LogP contribution < -0.4 is 5.32 Å². The van der Waals surface area contributed by atoms with Crippen LogP contribution in [0.15, 0.2) is 48.5 Å². The Kier molecular flexibility index (Phi) is 5.61. The molecular weight excluding hydrogens is 352 g/mol. The summed E-state index contributed by atoms with van der Waals surface area (Å²) >= 11 is 5.62. The summed E-state index contributed by atoms with van der Waals surface area (Å²) in [5.74, 6) is 0. The van der Waals surface area contributed by atoms with Crippen molar-refractivity contribution in [3.05, 3.63) is 76.6 Å². The van der Waals surface area contributed by atoms with Crippen molar-refractivity contribution in [3.8, 4) is 5.69 Å². The van der Waals surface area contributed by atoms with E-state index in [4.69, 9.17) is 17.3 Å². The van der Waals surface area contributed by atoms with Crippen LogP contribution in [-0.2, 0) is 6.54 Å². The molecule has 3 rings (SSSR count). The van der Waals surface area contributed by atoms with Crippen LogP contribution in [0.3, 0.4) is 0 Å². The summed E-state index contributed by atoms with van der Waals surface area (Å²) < 4.78 is 2.00. The zero-order valence-electron chi connectivity index (χ0n) is 16.6. The molecule has 1 aromatic heterocycles. The van der Waals surface area contributed by atoms with Gasteiger partial charge in [0.25, 0.3) is 0 Å². The fourth-order valence-corrected chi connectivity index (χ4v) is 3.48. The first kappa shape index (κ1) is 19.1. The Morgan fingerprint density at radius 1 is 1.04 bits per heavy atom. The molecule has 0 aliphatic carbocycles. The topological polar surface area (TPSA) is 33.1 Å². The second-order valence-electron chi connectivity index (χ2n) is 7.06. The van der Waals surface area contributed by atoms with Crippen molar-refractivity contribution in [2.24, 2.45) is 0 Å². The summed E-state index contributed by atoms with van der Waals surface area (Å²) in [4.78, 5) is 2.05. The smallest absolute Gasteiger partial charge is 0.173 e. The molecule has 0 spiro atoms. The molecule has 3 aromatic rings. The van der Waals surface area contributed by atoms with Gasteiger partial charge in [-0.3, -0.25) is 0 Å². The zero-order valence-corrected chi connectivity index (χ0v) is 17.4. The monoisotopic (exact) mass is 378 g/mol. The van der Waals surface area contributed by atoms with Gasteiger partial charge < -0.3 is 10.2 Å². The highest BCUT2D eigenvalue weighted by Crippen LogP contribution is 2.20. The standard InChI is InChI=1S/C22H26N4S/c1-15-11-16(2)13-19(12-15)23-22(27)25(5)14-21-17(3)24-26(18(21)4)20-9-7-6-8-10-20/h6-13H,14H2,1-5H3,(H,23,27). The molecule has 0 amide bonds. The second kappa shape index (κ2) is 7.92. The molecule has 1 N–H and O–H groups in total. The minimum absolute atomic E-state index is 0.700. The molecule has 0 bridgehead atoms. The molecule has 0 aliphatic rings. The number of rotatable bonds is 4. The lowest BCUT2D eigenvalue weighted by molar-refractivity contribution is 0.505. The number of aryl methyl sites for hydroxylation is 3. The Bertz CT molecular complexity index is 940. The number of nitrogens with one attached hydrogen (secondary N) is 1. The molecule has 2 aromatic carbocycles. The minimum atomic E-state index is 0.700. The van der Waals surface area contributed by atoms with Crippen LogP contribution >= 0.6 is 12.2 Å². The number of aromatic nitrogens is 2. The van der Waals surface area contributed by atoms with E-state index in [-0.39, 0.29) is 0 Å². The lowest BCUT2D eigenvalue weighted by Crippen LogP contribution is -2.31. The Morgan fingerprint density at radius 2 is 1.67 bits per heavy atom. The van der Waals surface area contributed by atoms with E-state index < -0.39 is 0 Å². The van der Waals surface area contributed by atoms with E-state index in [0.29, 0.717) is 11.7 Å². The van der Waals surface area contributed by atoms with Crippen molar-refractivity contribution in [3.63, 3.8) is 0 Å². The molecule has 27 heavy (non-hydrogen) atoms. The van der Waals surface area contributed by atoms with Gasteiger partial charge in [-0.25, -0.2) is 4.68 Å². The highest BCUT2D eigenvalue weighted by Gasteiger charge is 2.16. The van der Waals surface area contributed by atoms with E-state index in [1.807, 2.05) is 29.9 Å². The van der Waals surface area contributed by atoms with Crippen LogP contribution in [0, 0.1) is 27.7 Å². The largest absolute Gasteiger partial charge is 0.348 e. The first-order valence-electron chi connectivity index (χ1n) is 9.06. The van der Waals surface area contributed by atoms with Crippen LogP contribution in [0.2, 0.25) is 0 Å². The highest BCUT2D eigenvalue weighted by atomic mass is 32.1. The first-order valence-corrected chi connectivity index (χ1v) is 9.47. The van der Waals surface area contributed by atoms with Crippen molar-refractivity contribution in [1.82, 2.24) is 14.7 Å². The molecule has 0 aliphatic heterocycles. The van der Waals surface area contributed by atoms with E-state index >= 15 is 0 Å². The van der Waals surface area contributed by atoms with Gasteiger partial charge in [-0.05, 0) is 75.3 Å². The Hall–Kier alpha value is -2.66. The summed E-state index contributed by atoms with van der Waals surface area (Å²) in [6, 6.07) is 16.6. The molecule has 0 radical (unpaired) electrons. The van der Waals surface area contributed by atoms with Gasteiger partial charge in [0.15, 0.2) is 5.11 Å². The summed E-state index contributed by atoms with van der Waals surface area (Å²) in [6.07, 6.45) is 0. The average Bonchev–Trinajstić information content (AvgIpc) is 2.89. The Balaban J connectivity index is 1.76. The van der Waals surface area contributed by atoms with Crippen LogP contribution in [-0.4, -0.2) is 26.8 Å². The molecule has 0 atom stereocenters. The first-order chi connectivity index (χ1) is 12.8. The Morgan fingerprint density at radius 3 is 2.30 bits per heavy atom. The fraction of sp³-hybridized carbons (Fsp3) is 0.273. The van der Waals surface area contributed by atoms with E-state index in [9.17, 15) is 0 Å². The van der Waals surface area contributed by atoms with Gasteiger partial charge >= 0.3 is 0 Å². The molecule has 0 unspecified atom stereocenters. The molecule has 0 saturated heterocycles. The van der Waals surface area contributed by atoms with Crippen molar-refractivity contribution in [2.75, 3.05) is 12.4 Å². The van der Waals surface area contributed by atoms with E-state index in [1.165, 1.54) is 16.7 Å². The van der Waals surface area contributed by atoms with E-state index in [2.05, 4.69) is 68.2 Å². The van der Waals surface area contributed by atoms with E-state index in [0.717, 1.165) is 22.8 Å². The lowest BCUT2D eigenvalue weighted by atomic mass is 10.1. The average molecular weight is 379 g/mol. The third-order valence-electron chi connectivity index (χ3n) is 4.66. The van der Waals surface area contributed by atoms with Crippen LogP contribution in [0.25, 0.3) is 5.69 Å². The van der Waals surface area contributed by atoms with Crippen LogP contribution in [0.5, 0.6) is 0 Å². The van der Waals surface area contributed by atoms with Crippen LogP contribution in [0.1, 0.15) is 28.1 Å². The quantitative estimate of drug-likeness (QED) is 0.652. The fourth-order valence-electron chi connectivity index (χ4n) is 3.30. The molecule has 1 heterocycles. The SMILES string of the molecule is Cc1cc(C)cc(NC(=S)N(C)Cc2c(C)nn(-c3ccccc3)c2C)c1. The van der Waals surface area contributed by atoms with Gasteiger partial charge in [0, 0.05) is 30.5 Å². The summed E-state index contributed by atoms with van der Waals surface area (Å²) in [5, 5.41) is 8.78. The number of benzene rings is 2. The molecule has 5 heteroatoms. The molecule has 140 valence electrons. The molecule has 4 nitrogen and oxygen atoms in total. The third kappa shape index (κ3) is 4.37. The summed E-state index contributed by atoms with van der Waals surface area (Å²) in [5.41, 5.74) is 7.90. The molecule has 0 fully saturated rings. The number of anilines is 1. The van der Waals surface area contributed by atoms with Crippen molar-refractivity contribution < 1.29 is 0 Å². The number of thiocarbonyl (C=S) groups is 1. The third-order valence-corrected chi connectivity index (χ3v) is 5.07. The number of para-hydroxylation sites is 1. The number of hydrogen-bond donors (Lipinski definition) is 1. The second-order valence-corrected chi connectivity index (χ2v) is 7.45. The normalized spacial score (nSPS) is 10.7. The predicted molar refractivity (Wildman–Crippen MR) is 117 cm³/mol. The minimum Gasteiger partial charge on any atom is -0.348 e. The highest BCUT2D eigenvalue weighted by molar-refractivity contribution is 7.80.